The lowest BCUT2D eigenvalue weighted by molar-refractivity contribution is 0.316. The molecular formula is C17H17N7O2S. The fraction of sp³-hybridized carbons (Fsp3) is 0.294. The molecule has 3 aromatic heterocycles. The molecule has 1 saturated carbocycles. The van der Waals surface area contributed by atoms with E-state index in [0.717, 1.165) is 16.9 Å². The van der Waals surface area contributed by atoms with Gasteiger partial charge in [0.15, 0.2) is 5.03 Å². The summed E-state index contributed by atoms with van der Waals surface area (Å²) in [7, 11) is -1.81. The van der Waals surface area contributed by atoms with E-state index in [2.05, 4.69) is 29.6 Å². The molecule has 2 N–H and O–H groups in total. The third kappa shape index (κ3) is 3.22. The summed E-state index contributed by atoms with van der Waals surface area (Å²) in [5.74, 6) is 0.816. The van der Waals surface area contributed by atoms with Crippen molar-refractivity contribution >= 4 is 26.9 Å². The molecule has 0 aromatic carbocycles. The summed E-state index contributed by atoms with van der Waals surface area (Å²) in [6, 6.07) is 6.57. The van der Waals surface area contributed by atoms with Crippen molar-refractivity contribution in [1.82, 2.24) is 24.7 Å². The van der Waals surface area contributed by atoms with Crippen LogP contribution in [-0.2, 0) is 10.0 Å². The SMILES string of the molecule is CN(c1ncnc2[nH]ccc12)C1CC(NS(=O)(=O)c2cc(C#N)ccn2)C1. The van der Waals surface area contributed by atoms with E-state index in [1.165, 1.54) is 24.7 Å². The molecule has 1 aliphatic carbocycles. The van der Waals surface area contributed by atoms with E-state index >= 15 is 0 Å². The van der Waals surface area contributed by atoms with Gasteiger partial charge in [0.25, 0.3) is 10.0 Å². The summed E-state index contributed by atoms with van der Waals surface area (Å²) < 4.78 is 27.6. The Morgan fingerprint density at radius 1 is 1.30 bits per heavy atom. The maximum absolute atomic E-state index is 12.5. The van der Waals surface area contributed by atoms with Gasteiger partial charge in [0, 0.05) is 31.5 Å². The van der Waals surface area contributed by atoms with E-state index in [9.17, 15) is 8.42 Å². The lowest BCUT2D eigenvalue weighted by Gasteiger charge is -2.41. The Balaban J connectivity index is 1.43. The molecule has 27 heavy (non-hydrogen) atoms. The van der Waals surface area contributed by atoms with Crippen molar-refractivity contribution in [2.24, 2.45) is 0 Å². The Hall–Kier alpha value is -3.03. The molecule has 10 heteroatoms. The van der Waals surface area contributed by atoms with E-state index in [4.69, 9.17) is 5.26 Å². The predicted molar refractivity (Wildman–Crippen MR) is 98.4 cm³/mol. The standard InChI is InChI=1S/C17H17N7O2S/c1-24(17-14-3-5-20-16(14)21-10-22-17)13-7-12(8-13)23-27(25,26)15-6-11(9-18)2-4-19-15/h2-6,10,12-13,23H,7-8H2,1H3,(H,20,21,22). The van der Waals surface area contributed by atoms with Gasteiger partial charge in [0.1, 0.15) is 17.8 Å². The van der Waals surface area contributed by atoms with Gasteiger partial charge in [0.2, 0.25) is 0 Å². The minimum Gasteiger partial charge on any atom is -0.356 e. The van der Waals surface area contributed by atoms with Gasteiger partial charge < -0.3 is 9.88 Å². The third-order valence-electron chi connectivity index (χ3n) is 4.79. The summed E-state index contributed by atoms with van der Waals surface area (Å²) in [6.07, 6.45) is 5.96. The highest BCUT2D eigenvalue weighted by Crippen LogP contribution is 2.31. The molecule has 0 unspecified atom stereocenters. The first-order valence-electron chi connectivity index (χ1n) is 8.37. The van der Waals surface area contributed by atoms with Crippen molar-refractivity contribution < 1.29 is 8.42 Å². The van der Waals surface area contributed by atoms with Crippen molar-refractivity contribution in [3.8, 4) is 6.07 Å². The maximum atomic E-state index is 12.5. The zero-order chi connectivity index (χ0) is 19.0. The van der Waals surface area contributed by atoms with Crippen LogP contribution in [0.4, 0.5) is 5.82 Å². The molecule has 0 amide bonds. The summed E-state index contributed by atoms with van der Waals surface area (Å²) in [4.78, 5) is 17.5. The zero-order valence-corrected chi connectivity index (χ0v) is 15.3. The van der Waals surface area contributed by atoms with Crippen LogP contribution in [0.5, 0.6) is 0 Å². The molecule has 0 spiro atoms. The first-order chi connectivity index (χ1) is 13.0. The van der Waals surface area contributed by atoms with Gasteiger partial charge in [-0.2, -0.15) is 5.26 Å². The summed E-state index contributed by atoms with van der Waals surface area (Å²) in [5, 5.41) is 9.72. The van der Waals surface area contributed by atoms with Crippen LogP contribution in [0, 0.1) is 11.3 Å². The largest absolute Gasteiger partial charge is 0.356 e. The van der Waals surface area contributed by atoms with Crippen molar-refractivity contribution in [2.45, 2.75) is 30.0 Å². The monoisotopic (exact) mass is 383 g/mol. The minimum atomic E-state index is -3.75. The van der Waals surface area contributed by atoms with Gasteiger partial charge in [-0.1, -0.05) is 0 Å². The highest BCUT2D eigenvalue weighted by Gasteiger charge is 2.36. The number of fused-ring (bicyclic) bond motifs is 1. The van der Waals surface area contributed by atoms with Gasteiger partial charge in [0.05, 0.1) is 17.0 Å². The Labute approximate surface area is 156 Å². The Morgan fingerprint density at radius 2 is 2.11 bits per heavy atom. The van der Waals surface area contributed by atoms with Gasteiger partial charge in [-0.3, -0.25) is 0 Å². The fourth-order valence-electron chi connectivity index (χ4n) is 3.22. The van der Waals surface area contributed by atoms with Crippen LogP contribution >= 0.6 is 0 Å². The van der Waals surface area contributed by atoms with E-state index in [1.807, 2.05) is 25.4 Å². The summed E-state index contributed by atoms with van der Waals surface area (Å²) in [5.41, 5.74) is 1.03. The van der Waals surface area contributed by atoms with E-state index in [1.54, 1.807) is 0 Å². The number of nitriles is 1. The van der Waals surface area contributed by atoms with Crippen LogP contribution in [0.25, 0.3) is 11.0 Å². The van der Waals surface area contributed by atoms with Crippen LogP contribution < -0.4 is 9.62 Å². The Morgan fingerprint density at radius 3 is 2.89 bits per heavy atom. The number of nitrogens with zero attached hydrogens (tertiary/aromatic N) is 5. The molecule has 0 bridgehead atoms. The second kappa shape index (κ2) is 6.61. The van der Waals surface area contributed by atoms with Gasteiger partial charge in [-0.05, 0) is 31.0 Å². The fourth-order valence-corrected chi connectivity index (χ4v) is 4.45. The van der Waals surface area contributed by atoms with Gasteiger partial charge in [-0.15, -0.1) is 0 Å². The Bertz CT molecular complexity index is 1130. The number of H-pyrrole nitrogens is 1. The molecule has 0 radical (unpaired) electrons. The third-order valence-corrected chi connectivity index (χ3v) is 6.21. The molecule has 1 aliphatic rings. The smallest absolute Gasteiger partial charge is 0.258 e. The van der Waals surface area contributed by atoms with Crippen molar-refractivity contribution in [1.29, 1.82) is 5.26 Å². The van der Waals surface area contributed by atoms with Crippen LogP contribution in [-0.4, -0.2) is 47.5 Å². The number of hydrogen-bond donors (Lipinski definition) is 2. The highest BCUT2D eigenvalue weighted by molar-refractivity contribution is 7.89. The van der Waals surface area contributed by atoms with Gasteiger partial charge in [-0.25, -0.2) is 28.1 Å². The number of nitrogens with one attached hydrogen (secondary N) is 2. The van der Waals surface area contributed by atoms with E-state index in [-0.39, 0.29) is 22.7 Å². The van der Waals surface area contributed by atoms with E-state index in [0.29, 0.717) is 12.8 Å². The number of aromatic amines is 1. The normalized spacial score (nSPS) is 19.4. The lowest BCUT2D eigenvalue weighted by Crippen LogP contribution is -2.53. The average Bonchev–Trinajstić information content (AvgIpc) is 3.12. The van der Waals surface area contributed by atoms with Crippen LogP contribution in [0.2, 0.25) is 0 Å². The molecule has 3 aromatic rings. The first-order valence-corrected chi connectivity index (χ1v) is 9.85. The van der Waals surface area contributed by atoms with Crippen molar-refractivity contribution in [3.63, 3.8) is 0 Å². The minimum absolute atomic E-state index is 0.136. The molecule has 3 heterocycles. The number of sulfonamides is 1. The molecular weight excluding hydrogens is 366 g/mol. The second-order valence-corrected chi connectivity index (χ2v) is 8.15. The lowest BCUT2D eigenvalue weighted by atomic mass is 9.86. The molecule has 4 rings (SSSR count). The first kappa shape index (κ1) is 17.4. The topological polar surface area (TPSA) is 128 Å². The van der Waals surface area contributed by atoms with Crippen molar-refractivity contribution in [3.05, 3.63) is 42.5 Å². The van der Waals surface area contributed by atoms with Crippen molar-refractivity contribution in [2.75, 3.05) is 11.9 Å². The highest BCUT2D eigenvalue weighted by atomic mass is 32.2. The second-order valence-electron chi connectivity index (χ2n) is 6.49. The maximum Gasteiger partial charge on any atom is 0.258 e. The average molecular weight is 383 g/mol. The quantitative estimate of drug-likeness (QED) is 0.677. The summed E-state index contributed by atoms with van der Waals surface area (Å²) >= 11 is 0. The molecule has 9 nitrogen and oxygen atoms in total. The molecule has 0 atom stereocenters. The van der Waals surface area contributed by atoms with Crippen LogP contribution in [0.1, 0.15) is 18.4 Å². The number of pyridine rings is 1. The number of hydrogen-bond acceptors (Lipinski definition) is 7. The predicted octanol–water partition coefficient (Wildman–Crippen LogP) is 1.17. The summed E-state index contributed by atoms with van der Waals surface area (Å²) in [6.45, 7) is 0. The molecule has 0 saturated heterocycles. The van der Waals surface area contributed by atoms with Gasteiger partial charge >= 0.3 is 0 Å². The van der Waals surface area contributed by atoms with Crippen LogP contribution in [0.15, 0.2) is 41.9 Å². The molecule has 0 aliphatic heterocycles. The number of anilines is 1. The molecule has 138 valence electrons. The van der Waals surface area contributed by atoms with Crippen LogP contribution in [0.3, 0.4) is 0 Å². The Kier molecular flexibility index (Phi) is 4.25. The molecule has 1 fully saturated rings. The number of rotatable bonds is 5. The van der Waals surface area contributed by atoms with E-state index < -0.39 is 10.0 Å². The zero-order valence-electron chi connectivity index (χ0n) is 14.5. The number of aromatic nitrogens is 4.